The summed E-state index contributed by atoms with van der Waals surface area (Å²) in [5.41, 5.74) is -3.34. The molecule has 6 heteroatoms. The molecule has 118 valence electrons. The standard InChI is InChI=1S/C16H13F5O/c1-15(16(19,20)21,11-6-3-2-4-7-11)22-10-12-13(17)8-5-9-14(12)18/h2-9H,10H2,1H3. The second kappa shape index (κ2) is 6.04. The molecule has 22 heavy (non-hydrogen) atoms. The Hall–Kier alpha value is -1.95. The van der Waals surface area contributed by atoms with Gasteiger partial charge < -0.3 is 4.74 Å². The van der Waals surface area contributed by atoms with Crippen molar-refractivity contribution in [1.29, 1.82) is 0 Å². The Morgan fingerprint density at radius 3 is 1.91 bits per heavy atom. The summed E-state index contributed by atoms with van der Waals surface area (Å²) in [7, 11) is 0. The Morgan fingerprint density at radius 2 is 1.41 bits per heavy atom. The highest BCUT2D eigenvalue weighted by Crippen LogP contribution is 2.42. The van der Waals surface area contributed by atoms with Crippen LogP contribution in [0.5, 0.6) is 0 Å². The number of hydrogen-bond acceptors (Lipinski definition) is 1. The molecule has 1 nitrogen and oxygen atoms in total. The maximum absolute atomic E-state index is 13.5. The van der Waals surface area contributed by atoms with Gasteiger partial charge in [0.2, 0.25) is 0 Å². The first kappa shape index (κ1) is 16.4. The minimum absolute atomic E-state index is 0.140. The molecule has 0 aliphatic rings. The van der Waals surface area contributed by atoms with Crippen LogP contribution in [0.3, 0.4) is 0 Å². The molecule has 0 aliphatic heterocycles. The van der Waals surface area contributed by atoms with Crippen LogP contribution in [0.4, 0.5) is 22.0 Å². The van der Waals surface area contributed by atoms with E-state index in [0.29, 0.717) is 0 Å². The molecule has 0 aliphatic carbocycles. The lowest BCUT2D eigenvalue weighted by atomic mass is 9.95. The quantitative estimate of drug-likeness (QED) is 0.725. The Balaban J connectivity index is 2.33. The van der Waals surface area contributed by atoms with E-state index in [2.05, 4.69) is 0 Å². The number of rotatable bonds is 4. The zero-order valence-corrected chi connectivity index (χ0v) is 11.6. The minimum atomic E-state index is -4.74. The summed E-state index contributed by atoms with van der Waals surface area (Å²) in [4.78, 5) is 0. The maximum Gasteiger partial charge on any atom is 0.421 e. The summed E-state index contributed by atoms with van der Waals surface area (Å²) in [6, 6.07) is 10.0. The van der Waals surface area contributed by atoms with Crippen LogP contribution in [-0.4, -0.2) is 6.18 Å². The molecule has 0 bridgehead atoms. The highest BCUT2D eigenvalue weighted by atomic mass is 19.4. The molecular formula is C16H13F5O. The number of benzene rings is 2. The average molecular weight is 316 g/mol. The monoisotopic (exact) mass is 316 g/mol. The third-order valence-electron chi connectivity index (χ3n) is 3.43. The number of halogens is 5. The number of alkyl halides is 3. The Bertz CT molecular complexity index is 618. The normalized spacial score (nSPS) is 14.6. The predicted molar refractivity (Wildman–Crippen MR) is 71.0 cm³/mol. The van der Waals surface area contributed by atoms with E-state index >= 15 is 0 Å². The largest absolute Gasteiger partial charge is 0.421 e. The van der Waals surface area contributed by atoms with Gasteiger partial charge in [-0.25, -0.2) is 8.78 Å². The van der Waals surface area contributed by atoms with Crippen LogP contribution < -0.4 is 0 Å². The van der Waals surface area contributed by atoms with Gasteiger partial charge in [0.25, 0.3) is 0 Å². The van der Waals surface area contributed by atoms with Gasteiger partial charge in [-0.1, -0.05) is 36.4 Å². The molecule has 0 spiro atoms. The van der Waals surface area contributed by atoms with Gasteiger partial charge in [0.05, 0.1) is 6.61 Å². The molecule has 0 amide bonds. The maximum atomic E-state index is 13.5. The van der Waals surface area contributed by atoms with Gasteiger partial charge in [0, 0.05) is 5.56 Å². The molecule has 0 heterocycles. The molecule has 1 unspecified atom stereocenters. The predicted octanol–water partition coefficient (Wildman–Crippen LogP) is 4.96. The Morgan fingerprint density at radius 1 is 0.864 bits per heavy atom. The fourth-order valence-corrected chi connectivity index (χ4v) is 1.97. The van der Waals surface area contributed by atoms with Crippen molar-refractivity contribution in [2.24, 2.45) is 0 Å². The van der Waals surface area contributed by atoms with E-state index in [1.165, 1.54) is 24.3 Å². The topological polar surface area (TPSA) is 9.23 Å². The van der Waals surface area contributed by atoms with Gasteiger partial charge in [0.15, 0.2) is 5.60 Å². The van der Waals surface area contributed by atoms with E-state index in [1.807, 2.05) is 0 Å². The molecule has 0 fully saturated rings. The smallest absolute Gasteiger partial charge is 0.356 e. The molecule has 0 N–H and O–H groups in total. The number of hydrogen-bond donors (Lipinski definition) is 0. The third kappa shape index (κ3) is 3.11. The van der Waals surface area contributed by atoms with Gasteiger partial charge in [0.1, 0.15) is 11.6 Å². The van der Waals surface area contributed by atoms with Gasteiger partial charge >= 0.3 is 6.18 Å². The molecule has 1 atom stereocenters. The van der Waals surface area contributed by atoms with Crippen molar-refractivity contribution in [3.8, 4) is 0 Å². The minimum Gasteiger partial charge on any atom is -0.356 e. The van der Waals surface area contributed by atoms with Gasteiger partial charge in [-0.05, 0) is 24.6 Å². The zero-order chi connectivity index (χ0) is 16.4. The zero-order valence-electron chi connectivity index (χ0n) is 11.6. The first-order valence-corrected chi connectivity index (χ1v) is 6.45. The first-order valence-electron chi connectivity index (χ1n) is 6.45. The van der Waals surface area contributed by atoms with E-state index in [4.69, 9.17) is 4.74 Å². The van der Waals surface area contributed by atoms with E-state index in [-0.39, 0.29) is 5.56 Å². The van der Waals surface area contributed by atoms with Crippen LogP contribution in [0.15, 0.2) is 48.5 Å². The van der Waals surface area contributed by atoms with Crippen LogP contribution in [0.2, 0.25) is 0 Å². The van der Waals surface area contributed by atoms with Crippen molar-refractivity contribution in [3.05, 3.63) is 71.3 Å². The summed E-state index contributed by atoms with van der Waals surface area (Å²) in [5, 5.41) is 0. The fraction of sp³-hybridized carbons (Fsp3) is 0.250. The molecule has 0 saturated heterocycles. The number of ether oxygens (including phenoxy) is 1. The molecule has 0 radical (unpaired) electrons. The summed E-state index contributed by atoms with van der Waals surface area (Å²) in [6.45, 7) is 0.00446. The third-order valence-corrected chi connectivity index (χ3v) is 3.43. The van der Waals surface area contributed by atoms with Crippen molar-refractivity contribution < 1.29 is 26.7 Å². The molecule has 2 aromatic rings. The highest BCUT2D eigenvalue weighted by Gasteiger charge is 2.53. The van der Waals surface area contributed by atoms with Crippen LogP contribution in [0.25, 0.3) is 0 Å². The van der Waals surface area contributed by atoms with Crippen LogP contribution in [0.1, 0.15) is 18.1 Å². The lowest BCUT2D eigenvalue weighted by Crippen LogP contribution is -2.42. The summed E-state index contributed by atoms with van der Waals surface area (Å²) >= 11 is 0. The van der Waals surface area contributed by atoms with Crippen molar-refractivity contribution in [1.82, 2.24) is 0 Å². The molecule has 0 saturated carbocycles. The SMILES string of the molecule is CC(OCc1c(F)cccc1F)(c1ccccc1)C(F)(F)F. The fourth-order valence-electron chi connectivity index (χ4n) is 1.97. The first-order chi connectivity index (χ1) is 10.3. The van der Waals surface area contributed by atoms with E-state index < -0.39 is 35.6 Å². The molecule has 2 aromatic carbocycles. The van der Waals surface area contributed by atoms with Gasteiger partial charge in [-0.15, -0.1) is 0 Å². The average Bonchev–Trinajstić information content (AvgIpc) is 2.46. The summed E-state index contributed by atoms with van der Waals surface area (Å²) in [5.74, 6) is -1.89. The molecule has 2 rings (SSSR count). The highest BCUT2D eigenvalue weighted by molar-refractivity contribution is 5.24. The van der Waals surface area contributed by atoms with Crippen molar-refractivity contribution in [3.63, 3.8) is 0 Å². The van der Waals surface area contributed by atoms with Crippen molar-refractivity contribution >= 4 is 0 Å². The second-order valence-electron chi connectivity index (χ2n) is 4.89. The second-order valence-corrected chi connectivity index (χ2v) is 4.89. The molecular weight excluding hydrogens is 303 g/mol. The van der Waals surface area contributed by atoms with Crippen LogP contribution in [-0.2, 0) is 16.9 Å². The summed E-state index contributed by atoms with van der Waals surface area (Å²) < 4.78 is 72.1. The van der Waals surface area contributed by atoms with E-state index in [0.717, 1.165) is 25.1 Å². The summed E-state index contributed by atoms with van der Waals surface area (Å²) in [6.07, 6.45) is -4.74. The Labute approximate surface area is 124 Å². The van der Waals surface area contributed by atoms with Crippen LogP contribution >= 0.6 is 0 Å². The van der Waals surface area contributed by atoms with Gasteiger partial charge in [-0.3, -0.25) is 0 Å². The van der Waals surface area contributed by atoms with Crippen molar-refractivity contribution in [2.45, 2.75) is 25.3 Å². The van der Waals surface area contributed by atoms with E-state index in [1.54, 1.807) is 6.07 Å². The van der Waals surface area contributed by atoms with Crippen molar-refractivity contribution in [2.75, 3.05) is 0 Å². The van der Waals surface area contributed by atoms with E-state index in [9.17, 15) is 22.0 Å². The Kier molecular flexibility index (Phi) is 4.51. The lowest BCUT2D eigenvalue weighted by molar-refractivity contribution is -0.282. The molecule has 0 aromatic heterocycles. The lowest BCUT2D eigenvalue weighted by Gasteiger charge is -2.32. The van der Waals surface area contributed by atoms with Crippen LogP contribution in [0, 0.1) is 11.6 Å². The van der Waals surface area contributed by atoms with Gasteiger partial charge in [-0.2, -0.15) is 13.2 Å².